The predicted octanol–water partition coefficient (Wildman–Crippen LogP) is 1.17. The van der Waals surface area contributed by atoms with E-state index in [4.69, 9.17) is 4.74 Å². The van der Waals surface area contributed by atoms with Gasteiger partial charge in [-0.05, 0) is 31.0 Å². The SMILES string of the molecule is CCOCCCNC(=O)Cc1ccc(N(C)S(C)(=O)=O)cc1. The molecule has 6 nitrogen and oxygen atoms in total. The van der Waals surface area contributed by atoms with Gasteiger partial charge < -0.3 is 10.1 Å². The molecule has 7 heteroatoms. The normalized spacial score (nSPS) is 11.2. The van der Waals surface area contributed by atoms with Crippen molar-refractivity contribution in [3.63, 3.8) is 0 Å². The third kappa shape index (κ3) is 6.44. The lowest BCUT2D eigenvalue weighted by molar-refractivity contribution is -0.120. The Labute approximate surface area is 132 Å². The van der Waals surface area contributed by atoms with E-state index in [-0.39, 0.29) is 12.3 Å². The fraction of sp³-hybridized carbons (Fsp3) is 0.533. The molecule has 0 saturated carbocycles. The summed E-state index contributed by atoms with van der Waals surface area (Å²) in [6.45, 7) is 3.85. The third-order valence-corrected chi connectivity index (χ3v) is 4.36. The van der Waals surface area contributed by atoms with Gasteiger partial charge in [0.1, 0.15) is 0 Å². The monoisotopic (exact) mass is 328 g/mol. The van der Waals surface area contributed by atoms with Gasteiger partial charge in [-0.15, -0.1) is 0 Å². The van der Waals surface area contributed by atoms with Crippen LogP contribution in [-0.2, 0) is 26.0 Å². The van der Waals surface area contributed by atoms with Gasteiger partial charge in [-0.25, -0.2) is 8.42 Å². The highest BCUT2D eigenvalue weighted by Crippen LogP contribution is 2.16. The summed E-state index contributed by atoms with van der Waals surface area (Å²) >= 11 is 0. The quantitative estimate of drug-likeness (QED) is 0.691. The maximum atomic E-state index is 11.8. The van der Waals surface area contributed by atoms with E-state index in [1.54, 1.807) is 24.3 Å². The third-order valence-electron chi connectivity index (χ3n) is 3.15. The highest BCUT2D eigenvalue weighted by molar-refractivity contribution is 7.92. The second kappa shape index (κ2) is 8.75. The van der Waals surface area contributed by atoms with Crippen molar-refractivity contribution < 1.29 is 17.9 Å². The standard InChI is InChI=1S/C15H24N2O4S/c1-4-21-11-5-10-16-15(18)12-13-6-8-14(9-7-13)17(2)22(3,19)20/h6-9H,4-5,10-12H2,1-3H3,(H,16,18). The van der Waals surface area contributed by atoms with E-state index in [0.717, 1.165) is 18.2 Å². The van der Waals surface area contributed by atoms with Crippen molar-refractivity contribution in [2.24, 2.45) is 0 Å². The summed E-state index contributed by atoms with van der Waals surface area (Å²) in [5, 5.41) is 2.83. The van der Waals surface area contributed by atoms with Crippen LogP contribution < -0.4 is 9.62 Å². The molecular weight excluding hydrogens is 304 g/mol. The molecule has 0 fully saturated rings. The van der Waals surface area contributed by atoms with Gasteiger partial charge in [0.2, 0.25) is 15.9 Å². The lowest BCUT2D eigenvalue weighted by atomic mass is 10.1. The summed E-state index contributed by atoms with van der Waals surface area (Å²) < 4.78 is 29.3. The van der Waals surface area contributed by atoms with Crippen LogP contribution in [0.25, 0.3) is 0 Å². The summed E-state index contributed by atoms with van der Waals surface area (Å²) in [6.07, 6.45) is 2.21. The average Bonchev–Trinajstić information content (AvgIpc) is 2.46. The smallest absolute Gasteiger partial charge is 0.231 e. The van der Waals surface area contributed by atoms with E-state index in [0.29, 0.717) is 25.4 Å². The fourth-order valence-corrected chi connectivity index (χ4v) is 2.31. The molecule has 1 N–H and O–H groups in total. The number of amides is 1. The maximum absolute atomic E-state index is 11.8. The minimum atomic E-state index is -3.27. The van der Waals surface area contributed by atoms with Gasteiger partial charge >= 0.3 is 0 Å². The summed E-state index contributed by atoms with van der Waals surface area (Å²) in [5.41, 5.74) is 1.41. The van der Waals surface area contributed by atoms with Crippen LogP contribution >= 0.6 is 0 Å². The van der Waals surface area contributed by atoms with Crippen LogP contribution in [0.5, 0.6) is 0 Å². The molecule has 1 amide bonds. The number of benzene rings is 1. The lowest BCUT2D eigenvalue weighted by Gasteiger charge is -2.16. The van der Waals surface area contributed by atoms with Gasteiger partial charge in [0.05, 0.1) is 18.4 Å². The van der Waals surface area contributed by atoms with Crippen molar-refractivity contribution in [3.8, 4) is 0 Å². The molecule has 22 heavy (non-hydrogen) atoms. The largest absolute Gasteiger partial charge is 0.382 e. The number of hydrogen-bond donors (Lipinski definition) is 1. The second-order valence-corrected chi connectivity index (χ2v) is 6.99. The molecule has 0 unspecified atom stereocenters. The Hall–Kier alpha value is -1.60. The number of ether oxygens (including phenoxy) is 1. The van der Waals surface area contributed by atoms with Gasteiger partial charge in [0.15, 0.2) is 0 Å². The average molecular weight is 328 g/mol. The molecule has 1 aromatic rings. The first kappa shape index (κ1) is 18.4. The Kier molecular flexibility index (Phi) is 7.34. The van der Waals surface area contributed by atoms with E-state index in [1.165, 1.54) is 11.4 Å². The molecule has 0 aliphatic heterocycles. The molecule has 0 heterocycles. The number of sulfonamides is 1. The minimum Gasteiger partial charge on any atom is -0.382 e. The van der Waals surface area contributed by atoms with E-state index in [2.05, 4.69) is 5.32 Å². The molecule has 0 atom stereocenters. The zero-order valence-electron chi connectivity index (χ0n) is 13.3. The minimum absolute atomic E-state index is 0.0549. The molecule has 0 bridgehead atoms. The second-order valence-electron chi connectivity index (χ2n) is 4.97. The van der Waals surface area contributed by atoms with Gasteiger partial charge in [-0.2, -0.15) is 0 Å². The van der Waals surface area contributed by atoms with Gasteiger partial charge in [-0.3, -0.25) is 9.10 Å². The van der Waals surface area contributed by atoms with Crippen molar-refractivity contribution in [1.82, 2.24) is 5.32 Å². The van der Waals surface area contributed by atoms with Crippen molar-refractivity contribution in [2.75, 3.05) is 37.4 Å². The fourth-order valence-electron chi connectivity index (χ4n) is 1.81. The summed E-state index contributed by atoms with van der Waals surface area (Å²) in [7, 11) is -1.77. The molecule has 124 valence electrons. The Morgan fingerprint density at radius 2 is 1.91 bits per heavy atom. The van der Waals surface area contributed by atoms with Gasteiger partial charge in [-0.1, -0.05) is 12.1 Å². The topological polar surface area (TPSA) is 75.7 Å². The van der Waals surface area contributed by atoms with E-state index < -0.39 is 10.0 Å². The highest BCUT2D eigenvalue weighted by atomic mass is 32.2. The van der Waals surface area contributed by atoms with E-state index >= 15 is 0 Å². The van der Waals surface area contributed by atoms with Crippen molar-refractivity contribution in [2.45, 2.75) is 19.8 Å². The van der Waals surface area contributed by atoms with Crippen LogP contribution in [0, 0.1) is 0 Å². The first-order valence-corrected chi connectivity index (χ1v) is 9.06. The predicted molar refractivity (Wildman–Crippen MR) is 87.5 cm³/mol. The molecule has 1 rings (SSSR count). The Bertz CT molecular complexity index is 570. The summed E-state index contributed by atoms with van der Waals surface area (Å²) in [6, 6.07) is 6.91. The number of carbonyl (C=O) groups is 1. The van der Waals surface area contributed by atoms with Crippen LogP contribution in [0.4, 0.5) is 5.69 Å². The first-order valence-electron chi connectivity index (χ1n) is 7.22. The van der Waals surface area contributed by atoms with E-state index in [9.17, 15) is 13.2 Å². The molecule has 0 aliphatic rings. The van der Waals surface area contributed by atoms with Crippen LogP contribution in [0.3, 0.4) is 0 Å². The number of hydrogen-bond acceptors (Lipinski definition) is 4. The van der Waals surface area contributed by atoms with Crippen LogP contribution in [0.1, 0.15) is 18.9 Å². The molecule has 0 saturated heterocycles. The molecular formula is C15H24N2O4S. The molecule has 0 spiro atoms. The molecule has 0 aliphatic carbocycles. The van der Waals surface area contributed by atoms with Crippen molar-refractivity contribution >= 4 is 21.6 Å². The van der Waals surface area contributed by atoms with Gasteiger partial charge in [0.25, 0.3) is 0 Å². The van der Waals surface area contributed by atoms with E-state index in [1.807, 2.05) is 6.92 Å². The number of nitrogens with zero attached hydrogens (tertiary/aromatic N) is 1. The molecule has 0 aromatic heterocycles. The molecule has 0 radical (unpaired) electrons. The maximum Gasteiger partial charge on any atom is 0.231 e. The summed E-state index contributed by atoms with van der Waals surface area (Å²) in [4.78, 5) is 11.8. The Balaban J connectivity index is 2.45. The first-order chi connectivity index (χ1) is 10.3. The summed E-state index contributed by atoms with van der Waals surface area (Å²) in [5.74, 6) is -0.0549. The lowest BCUT2D eigenvalue weighted by Crippen LogP contribution is -2.27. The highest BCUT2D eigenvalue weighted by Gasteiger charge is 2.11. The Morgan fingerprint density at radius 1 is 1.27 bits per heavy atom. The van der Waals surface area contributed by atoms with Gasteiger partial charge in [0, 0.05) is 26.8 Å². The van der Waals surface area contributed by atoms with Crippen molar-refractivity contribution in [1.29, 1.82) is 0 Å². The number of carbonyl (C=O) groups excluding carboxylic acids is 1. The molecule has 1 aromatic carbocycles. The Morgan fingerprint density at radius 3 is 2.45 bits per heavy atom. The zero-order valence-corrected chi connectivity index (χ0v) is 14.1. The van der Waals surface area contributed by atoms with Crippen molar-refractivity contribution in [3.05, 3.63) is 29.8 Å². The van der Waals surface area contributed by atoms with Crippen LogP contribution in [0.15, 0.2) is 24.3 Å². The zero-order chi connectivity index (χ0) is 16.6. The number of nitrogens with one attached hydrogen (secondary N) is 1. The number of rotatable bonds is 9. The van der Waals surface area contributed by atoms with Crippen LogP contribution in [-0.4, -0.2) is 47.4 Å². The number of anilines is 1. The van der Waals surface area contributed by atoms with Crippen LogP contribution in [0.2, 0.25) is 0 Å².